The highest BCUT2D eigenvalue weighted by Crippen LogP contribution is 2.59. The van der Waals surface area contributed by atoms with Crippen molar-refractivity contribution in [2.45, 2.75) is 35.3 Å². The summed E-state index contributed by atoms with van der Waals surface area (Å²) in [7, 11) is 0. The van der Waals surface area contributed by atoms with Crippen LogP contribution in [0, 0.1) is 11.6 Å². The monoisotopic (exact) mass is 562 g/mol. The standard InChI is InChI=1S/C30H28F2N4O3S/c31-21-8-11-24(32)25(18-21)40-30(12-13-30)26-19-27(36-14-16-38-17-15-36)35-28(34-26)20-6-9-22(10-7-20)33-29(37)39-23-4-2-1-3-5-23/h2,4-11,18-19H,1,3,12-17H2,(H,33,37). The van der Waals surface area contributed by atoms with Crippen LogP contribution in [0.15, 0.2) is 77.4 Å². The summed E-state index contributed by atoms with van der Waals surface area (Å²) in [5.74, 6) is 0.914. The van der Waals surface area contributed by atoms with Gasteiger partial charge in [0, 0.05) is 35.3 Å². The number of nitrogens with one attached hydrogen (secondary N) is 1. The average Bonchev–Trinajstić information content (AvgIpc) is 3.77. The number of benzene rings is 2. The van der Waals surface area contributed by atoms with Crippen LogP contribution in [0.4, 0.5) is 25.1 Å². The molecule has 2 fully saturated rings. The maximum absolute atomic E-state index is 14.5. The maximum atomic E-state index is 14.5. The number of nitrogens with zero attached hydrogens (tertiary/aromatic N) is 3. The Balaban J connectivity index is 1.26. The summed E-state index contributed by atoms with van der Waals surface area (Å²) in [6, 6.07) is 12.7. The summed E-state index contributed by atoms with van der Waals surface area (Å²) in [6.45, 7) is 2.61. The Morgan fingerprint density at radius 2 is 1.82 bits per heavy atom. The highest BCUT2D eigenvalue weighted by atomic mass is 32.2. The van der Waals surface area contributed by atoms with Gasteiger partial charge in [-0.1, -0.05) is 6.08 Å². The van der Waals surface area contributed by atoms with Gasteiger partial charge in [-0.3, -0.25) is 5.32 Å². The first-order valence-corrected chi connectivity index (χ1v) is 14.1. The number of hydrogen-bond acceptors (Lipinski definition) is 7. The lowest BCUT2D eigenvalue weighted by Gasteiger charge is -2.29. The molecule has 2 heterocycles. The maximum Gasteiger partial charge on any atom is 0.417 e. The van der Waals surface area contributed by atoms with Crippen molar-refractivity contribution in [1.29, 1.82) is 0 Å². The molecule has 40 heavy (non-hydrogen) atoms. The molecular formula is C30H28F2N4O3S. The third kappa shape index (κ3) is 6.03. The molecule has 1 N–H and O–H groups in total. The number of carbonyl (C=O) groups excluding carboxylic acids is 1. The smallest absolute Gasteiger partial charge is 0.410 e. The Labute approximate surface area is 235 Å². The first kappa shape index (κ1) is 26.5. The van der Waals surface area contributed by atoms with Crippen molar-refractivity contribution >= 4 is 29.4 Å². The third-order valence-corrected chi connectivity index (χ3v) is 8.52. The molecule has 1 saturated carbocycles. The van der Waals surface area contributed by atoms with Gasteiger partial charge in [0.2, 0.25) is 0 Å². The molecule has 0 unspecified atom stereocenters. The molecule has 1 amide bonds. The molecule has 3 aliphatic rings. The van der Waals surface area contributed by atoms with Gasteiger partial charge in [-0.05, 0) is 80.3 Å². The molecule has 10 heteroatoms. The van der Waals surface area contributed by atoms with Gasteiger partial charge < -0.3 is 14.4 Å². The molecular weight excluding hydrogens is 534 g/mol. The highest BCUT2D eigenvalue weighted by molar-refractivity contribution is 8.00. The van der Waals surface area contributed by atoms with Crippen molar-refractivity contribution in [1.82, 2.24) is 9.97 Å². The van der Waals surface area contributed by atoms with E-state index in [9.17, 15) is 13.6 Å². The zero-order chi connectivity index (χ0) is 27.5. The summed E-state index contributed by atoms with van der Waals surface area (Å²) >= 11 is 1.31. The minimum Gasteiger partial charge on any atom is -0.410 e. The summed E-state index contributed by atoms with van der Waals surface area (Å²) in [5, 5.41) is 2.75. The Hall–Kier alpha value is -3.76. The van der Waals surface area contributed by atoms with E-state index in [0.29, 0.717) is 43.6 Å². The Bertz CT molecular complexity index is 1470. The molecule has 0 bridgehead atoms. The first-order valence-electron chi connectivity index (χ1n) is 13.3. The molecule has 1 aliphatic heterocycles. The number of anilines is 2. The van der Waals surface area contributed by atoms with Crippen LogP contribution >= 0.6 is 11.8 Å². The summed E-state index contributed by atoms with van der Waals surface area (Å²) in [4.78, 5) is 24.5. The normalized spacial score (nSPS) is 17.8. The summed E-state index contributed by atoms with van der Waals surface area (Å²) in [5.41, 5.74) is 2.13. The van der Waals surface area contributed by atoms with E-state index in [1.165, 1.54) is 17.8 Å². The number of aromatic nitrogens is 2. The Kier molecular flexibility index (Phi) is 7.53. The summed E-state index contributed by atoms with van der Waals surface area (Å²) in [6.07, 6.45) is 8.45. The van der Waals surface area contributed by atoms with E-state index in [-0.39, 0.29) is 4.90 Å². The number of morpholine rings is 1. The minimum absolute atomic E-state index is 0.271. The second kappa shape index (κ2) is 11.4. The van der Waals surface area contributed by atoms with Crippen molar-refractivity contribution in [2.75, 3.05) is 36.5 Å². The lowest BCUT2D eigenvalue weighted by molar-refractivity contribution is 0.122. The van der Waals surface area contributed by atoms with Gasteiger partial charge in [-0.25, -0.2) is 23.5 Å². The van der Waals surface area contributed by atoms with Crippen LogP contribution in [0.1, 0.15) is 31.4 Å². The Morgan fingerprint density at radius 1 is 1.02 bits per heavy atom. The average molecular weight is 563 g/mol. The molecule has 6 rings (SSSR count). The minimum atomic E-state index is -0.560. The van der Waals surface area contributed by atoms with E-state index >= 15 is 0 Å². The fourth-order valence-electron chi connectivity index (χ4n) is 4.66. The zero-order valence-electron chi connectivity index (χ0n) is 21.7. The molecule has 0 spiro atoms. The number of amides is 1. The van der Waals surface area contributed by atoms with Gasteiger partial charge in [-0.2, -0.15) is 0 Å². The van der Waals surface area contributed by atoms with Gasteiger partial charge in [0.1, 0.15) is 23.2 Å². The van der Waals surface area contributed by atoms with Crippen LogP contribution in [0.3, 0.4) is 0 Å². The van der Waals surface area contributed by atoms with E-state index in [2.05, 4.69) is 10.2 Å². The molecule has 2 aromatic carbocycles. The molecule has 1 saturated heterocycles. The van der Waals surface area contributed by atoms with Crippen LogP contribution in [0.2, 0.25) is 0 Å². The zero-order valence-corrected chi connectivity index (χ0v) is 22.6. The topological polar surface area (TPSA) is 76.6 Å². The van der Waals surface area contributed by atoms with E-state index in [4.69, 9.17) is 19.4 Å². The molecule has 1 aromatic heterocycles. The fraction of sp³-hybridized carbons (Fsp3) is 0.300. The third-order valence-electron chi connectivity index (χ3n) is 6.98. The van der Waals surface area contributed by atoms with Crippen molar-refractivity contribution < 1.29 is 23.0 Å². The molecule has 2 aliphatic carbocycles. The second-order valence-electron chi connectivity index (χ2n) is 9.88. The molecule has 3 aromatic rings. The molecule has 0 atom stereocenters. The SMILES string of the molecule is O=C(Nc1ccc(-c2nc(N3CCOCC3)cc(C3(Sc4cc(F)ccc4F)CC3)n2)cc1)OC1=CCCC=C1. The lowest BCUT2D eigenvalue weighted by atomic mass is 10.1. The van der Waals surface area contributed by atoms with E-state index in [1.54, 1.807) is 18.2 Å². The number of allylic oxidation sites excluding steroid dienone is 3. The van der Waals surface area contributed by atoms with E-state index in [0.717, 1.165) is 54.9 Å². The highest BCUT2D eigenvalue weighted by Gasteiger charge is 2.48. The predicted molar refractivity (Wildman–Crippen MR) is 150 cm³/mol. The van der Waals surface area contributed by atoms with Gasteiger partial charge in [-0.15, -0.1) is 11.8 Å². The number of hydrogen-bond donors (Lipinski definition) is 1. The van der Waals surface area contributed by atoms with Crippen LogP contribution in [-0.4, -0.2) is 42.4 Å². The van der Waals surface area contributed by atoms with Crippen molar-refractivity contribution in [2.24, 2.45) is 0 Å². The second-order valence-corrected chi connectivity index (χ2v) is 11.3. The van der Waals surface area contributed by atoms with Crippen LogP contribution in [-0.2, 0) is 14.2 Å². The Morgan fingerprint density at radius 3 is 2.55 bits per heavy atom. The van der Waals surface area contributed by atoms with Crippen molar-refractivity contribution in [3.8, 4) is 11.4 Å². The molecule has 7 nitrogen and oxygen atoms in total. The largest absolute Gasteiger partial charge is 0.417 e. The van der Waals surface area contributed by atoms with Crippen LogP contribution in [0.5, 0.6) is 0 Å². The molecule has 0 radical (unpaired) electrons. The van der Waals surface area contributed by atoms with Crippen molar-refractivity contribution in [3.05, 3.63) is 89.8 Å². The number of ether oxygens (including phenoxy) is 2. The van der Waals surface area contributed by atoms with Gasteiger partial charge >= 0.3 is 6.09 Å². The van der Waals surface area contributed by atoms with Gasteiger partial charge in [0.15, 0.2) is 5.82 Å². The van der Waals surface area contributed by atoms with E-state index < -0.39 is 22.5 Å². The first-order chi connectivity index (χ1) is 19.5. The number of carbonyl (C=O) groups is 1. The van der Waals surface area contributed by atoms with Crippen LogP contribution in [0.25, 0.3) is 11.4 Å². The van der Waals surface area contributed by atoms with E-state index in [1.807, 2.05) is 30.4 Å². The lowest BCUT2D eigenvalue weighted by Crippen LogP contribution is -2.37. The fourth-order valence-corrected chi connectivity index (χ4v) is 5.93. The summed E-state index contributed by atoms with van der Waals surface area (Å²) < 4.78 is 38.8. The molecule has 206 valence electrons. The quantitative estimate of drug-likeness (QED) is 0.339. The van der Waals surface area contributed by atoms with Gasteiger partial charge in [0.25, 0.3) is 0 Å². The number of thioether (sulfide) groups is 1. The predicted octanol–water partition coefficient (Wildman–Crippen LogP) is 6.82. The van der Waals surface area contributed by atoms with Crippen molar-refractivity contribution in [3.63, 3.8) is 0 Å². The van der Waals surface area contributed by atoms with Crippen LogP contribution < -0.4 is 10.2 Å². The number of halogens is 2. The van der Waals surface area contributed by atoms with Gasteiger partial charge in [0.05, 0.1) is 23.7 Å². The number of rotatable bonds is 7.